The van der Waals surface area contributed by atoms with Gasteiger partial charge < -0.3 is 0 Å². The number of aromatic nitrogens is 3. The normalized spacial score (nSPS) is 11.0. The molecule has 2 aromatic heterocycles. The first-order chi connectivity index (χ1) is 10.3. The van der Waals surface area contributed by atoms with Crippen LogP contribution in [0.1, 0.15) is 0 Å². The van der Waals surface area contributed by atoms with Crippen molar-refractivity contribution >= 4 is 33.8 Å². The maximum absolute atomic E-state index is 5.46. The fourth-order valence-corrected chi connectivity index (χ4v) is 3.51. The highest BCUT2D eigenvalue weighted by Crippen LogP contribution is 2.26. The van der Waals surface area contributed by atoms with Crippen molar-refractivity contribution in [1.29, 1.82) is 0 Å². The van der Waals surface area contributed by atoms with Crippen LogP contribution in [0.2, 0.25) is 0 Å². The summed E-state index contributed by atoms with van der Waals surface area (Å²) in [5.41, 5.74) is 3.11. The van der Waals surface area contributed by atoms with Crippen LogP contribution in [0.15, 0.2) is 60.7 Å². The Hall–Kier alpha value is -2.24. The number of thiazole rings is 1. The molecule has 0 fully saturated rings. The highest BCUT2D eigenvalue weighted by atomic mass is 32.1. The molecule has 0 amide bonds. The maximum atomic E-state index is 5.46. The molecule has 0 aliphatic heterocycles. The molecule has 1 N–H and O–H groups in total. The largest absolute Gasteiger partial charge is 0.290 e. The number of hydrogen-bond donors (Lipinski definition) is 1. The summed E-state index contributed by atoms with van der Waals surface area (Å²) in [7, 11) is 0. The molecule has 0 saturated carbocycles. The van der Waals surface area contributed by atoms with Gasteiger partial charge in [0.25, 0.3) is 0 Å². The molecule has 0 aliphatic carbocycles. The topological polar surface area (TPSA) is 33.6 Å². The van der Waals surface area contributed by atoms with E-state index in [4.69, 9.17) is 12.2 Å². The van der Waals surface area contributed by atoms with E-state index in [0.29, 0.717) is 0 Å². The molecule has 0 spiro atoms. The molecule has 5 heteroatoms. The predicted octanol–water partition coefficient (Wildman–Crippen LogP) is 4.81. The lowest BCUT2D eigenvalue weighted by atomic mass is 10.2. The molecule has 0 atom stereocenters. The molecule has 21 heavy (non-hydrogen) atoms. The van der Waals surface area contributed by atoms with Crippen LogP contribution in [-0.4, -0.2) is 14.8 Å². The zero-order valence-electron chi connectivity index (χ0n) is 11.0. The van der Waals surface area contributed by atoms with Crippen LogP contribution in [0, 0.1) is 4.64 Å². The zero-order valence-corrected chi connectivity index (χ0v) is 12.6. The van der Waals surface area contributed by atoms with E-state index < -0.39 is 0 Å². The van der Waals surface area contributed by atoms with Gasteiger partial charge in [0.2, 0.25) is 5.13 Å². The Morgan fingerprint density at radius 1 is 1.00 bits per heavy atom. The first-order valence-corrected chi connectivity index (χ1v) is 7.77. The summed E-state index contributed by atoms with van der Waals surface area (Å²) in [6.07, 6.45) is 0. The molecular formula is C16H11N3S2. The van der Waals surface area contributed by atoms with Gasteiger partial charge in [0.05, 0.1) is 15.9 Å². The summed E-state index contributed by atoms with van der Waals surface area (Å²) in [5.74, 6) is 0. The molecule has 0 aliphatic rings. The van der Waals surface area contributed by atoms with Gasteiger partial charge in [-0.2, -0.15) is 0 Å². The second-order valence-electron chi connectivity index (χ2n) is 4.67. The minimum atomic E-state index is 0.730. The van der Waals surface area contributed by atoms with Crippen LogP contribution in [0.4, 0.5) is 0 Å². The van der Waals surface area contributed by atoms with Crippen molar-refractivity contribution in [2.45, 2.75) is 0 Å². The fraction of sp³-hybridized carbons (Fsp3) is 0. The van der Waals surface area contributed by atoms with E-state index in [1.165, 1.54) is 0 Å². The van der Waals surface area contributed by atoms with Crippen molar-refractivity contribution in [3.05, 3.63) is 65.3 Å². The highest BCUT2D eigenvalue weighted by molar-refractivity contribution is 7.71. The van der Waals surface area contributed by atoms with Gasteiger partial charge in [-0.15, -0.1) is 0 Å². The van der Waals surface area contributed by atoms with Gasteiger partial charge in [0.1, 0.15) is 4.64 Å². The van der Waals surface area contributed by atoms with Crippen molar-refractivity contribution in [2.75, 3.05) is 0 Å². The van der Waals surface area contributed by atoms with E-state index in [9.17, 15) is 0 Å². The molecule has 0 unspecified atom stereocenters. The van der Waals surface area contributed by atoms with E-state index in [2.05, 4.69) is 28.3 Å². The van der Waals surface area contributed by atoms with Gasteiger partial charge in [-0.3, -0.25) is 5.10 Å². The molecule has 3 nitrogen and oxygen atoms in total. The minimum absolute atomic E-state index is 0.730. The van der Waals surface area contributed by atoms with Gasteiger partial charge >= 0.3 is 0 Å². The SMILES string of the molecule is S=c1cc(-c2ccccc2)[nH]n1-c1nc2ccccc2s1. The van der Waals surface area contributed by atoms with E-state index in [0.717, 1.165) is 31.2 Å². The van der Waals surface area contributed by atoms with E-state index >= 15 is 0 Å². The second-order valence-corrected chi connectivity index (χ2v) is 6.10. The Kier molecular flexibility index (Phi) is 2.94. The molecule has 0 saturated heterocycles. The Morgan fingerprint density at radius 2 is 1.76 bits per heavy atom. The Bertz CT molecular complexity index is 931. The lowest BCUT2D eigenvalue weighted by Crippen LogP contribution is -1.95. The summed E-state index contributed by atoms with van der Waals surface area (Å²) in [5, 5.41) is 4.20. The number of aromatic amines is 1. The number of hydrogen-bond acceptors (Lipinski definition) is 3. The first-order valence-electron chi connectivity index (χ1n) is 6.55. The molecule has 4 rings (SSSR count). The van der Waals surface area contributed by atoms with Crippen LogP contribution in [0.5, 0.6) is 0 Å². The third-order valence-corrected chi connectivity index (χ3v) is 4.60. The van der Waals surface area contributed by atoms with E-state index in [-0.39, 0.29) is 0 Å². The van der Waals surface area contributed by atoms with Crippen molar-refractivity contribution < 1.29 is 0 Å². The van der Waals surface area contributed by atoms with Crippen LogP contribution < -0.4 is 0 Å². The minimum Gasteiger partial charge on any atom is -0.290 e. The summed E-state index contributed by atoms with van der Waals surface area (Å²) in [6, 6.07) is 20.2. The number of benzene rings is 2. The Labute approximate surface area is 130 Å². The Morgan fingerprint density at radius 3 is 2.57 bits per heavy atom. The number of H-pyrrole nitrogens is 1. The Balaban J connectivity index is 1.86. The summed E-state index contributed by atoms with van der Waals surface area (Å²) < 4.78 is 3.75. The third kappa shape index (κ3) is 2.20. The second kappa shape index (κ2) is 4.95. The number of nitrogens with one attached hydrogen (secondary N) is 1. The number of rotatable bonds is 2. The number of para-hydroxylation sites is 1. The van der Waals surface area contributed by atoms with Gasteiger partial charge in [0.15, 0.2) is 0 Å². The number of fused-ring (bicyclic) bond motifs is 1. The quantitative estimate of drug-likeness (QED) is 0.539. The van der Waals surface area contributed by atoms with Crippen molar-refractivity contribution in [1.82, 2.24) is 14.8 Å². The highest BCUT2D eigenvalue weighted by Gasteiger charge is 2.09. The average molecular weight is 309 g/mol. The molecule has 0 bridgehead atoms. The van der Waals surface area contributed by atoms with Crippen molar-refractivity contribution in [3.63, 3.8) is 0 Å². The van der Waals surface area contributed by atoms with Crippen LogP contribution in [0.3, 0.4) is 0 Å². The summed E-state index contributed by atoms with van der Waals surface area (Å²) in [6.45, 7) is 0. The molecule has 2 aromatic carbocycles. The van der Waals surface area contributed by atoms with E-state index in [1.54, 1.807) is 11.3 Å². The van der Waals surface area contributed by atoms with Gasteiger partial charge in [-0.1, -0.05) is 66.0 Å². The first kappa shape index (κ1) is 12.5. The summed E-state index contributed by atoms with van der Waals surface area (Å²) in [4.78, 5) is 4.63. The zero-order chi connectivity index (χ0) is 14.2. The van der Waals surface area contributed by atoms with Gasteiger partial charge in [-0.05, 0) is 17.7 Å². The van der Waals surface area contributed by atoms with Crippen LogP contribution in [-0.2, 0) is 0 Å². The number of nitrogens with zero attached hydrogens (tertiary/aromatic N) is 2. The smallest absolute Gasteiger partial charge is 0.211 e. The standard InChI is InChI=1S/C16H11N3S2/c20-15-10-13(11-6-2-1-3-7-11)18-19(15)16-17-12-8-4-5-9-14(12)21-16/h1-10,18H. The van der Waals surface area contributed by atoms with Gasteiger partial charge in [-0.25, -0.2) is 9.67 Å². The van der Waals surface area contributed by atoms with Crippen molar-refractivity contribution in [3.8, 4) is 16.4 Å². The van der Waals surface area contributed by atoms with Crippen LogP contribution >= 0.6 is 23.6 Å². The third-order valence-electron chi connectivity index (χ3n) is 3.28. The average Bonchev–Trinajstić information content (AvgIpc) is 3.11. The molecule has 0 radical (unpaired) electrons. The van der Waals surface area contributed by atoms with Gasteiger partial charge in [0, 0.05) is 6.07 Å². The lowest BCUT2D eigenvalue weighted by molar-refractivity contribution is 0.865. The maximum Gasteiger partial charge on any atom is 0.211 e. The molecular weight excluding hydrogens is 298 g/mol. The summed E-state index contributed by atoms with van der Waals surface area (Å²) >= 11 is 7.08. The molecule has 102 valence electrons. The molecule has 2 heterocycles. The monoisotopic (exact) mass is 309 g/mol. The molecule has 4 aromatic rings. The lowest BCUT2D eigenvalue weighted by Gasteiger charge is -1.98. The predicted molar refractivity (Wildman–Crippen MR) is 89.6 cm³/mol. The van der Waals surface area contributed by atoms with Crippen LogP contribution in [0.25, 0.3) is 26.6 Å². The van der Waals surface area contributed by atoms with Crippen molar-refractivity contribution in [2.24, 2.45) is 0 Å². The van der Waals surface area contributed by atoms with E-state index in [1.807, 2.05) is 47.1 Å². The fourth-order valence-electron chi connectivity index (χ4n) is 2.26.